The van der Waals surface area contributed by atoms with Gasteiger partial charge in [-0.2, -0.15) is 4.98 Å². The molecule has 0 bridgehead atoms. The highest BCUT2D eigenvalue weighted by atomic mass is 32.2. The third-order valence-corrected chi connectivity index (χ3v) is 5.46. The molecule has 1 aliphatic heterocycles. The quantitative estimate of drug-likeness (QED) is 0.388. The van der Waals surface area contributed by atoms with Crippen LogP contribution in [-0.4, -0.2) is 39.7 Å². The number of carbonyl (C=O) groups is 1. The Bertz CT molecular complexity index is 890. The van der Waals surface area contributed by atoms with Gasteiger partial charge in [0.05, 0.1) is 18.8 Å². The van der Waals surface area contributed by atoms with Crippen molar-refractivity contribution in [3.8, 4) is 5.75 Å². The van der Waals surface area contributed by atoms with Crippen molar-refractivity contribution in [3.05, 3.63) is 41.1 Å². The van der Waals surface area contributed by atoms with Gasteiger partial charge in [0.2, 0.25) is 11.1 Å². The second-order valence-electron chi connectivity index (χ2n) is 7.16. The largest absolute Gasteiger partial charge is 0.491 e. The van der Waals surface area contributed by atoms with Gasteiger partial charge in [0.15, 0.2) is 0 Å². The summed E-state index contributed by atoms with van der Waals surface area (Å²) in [6.45, 7) is 7.99. The smallest absolute Gasteiger partial charge is 0.338 e. The molecular formula is C21H28N4O3S. The first kappa shape index (κ1) is 21.2. The van der Waals surface area contributed by atoms with Crippen molar-refractivity contribution in [2.75, 3.05) is 18.2 Å². The maximum Gasteiger partial charge on any atom is 0.338 e. The summed E-state index contributed by atoms with van der Waals surface area (Å²) in [7, 11) is 1.39. The van der Waals surface area contributed by atoms with Crippen LogP contribution in [0.1, 0.15) is 52.1 Å². The van der Waals surface area contributed by atoms with Gasteiger partial charge in [0.1, 0.15) is 11.8 Å². The van der Waals surface area contributed by atoms with Crippen LogP contribution in [0.3, 0.4) is 0 Å². The van der Waals surface area contributed by atoms with Crippen molar-refractivity contribution in [2.24, 2.45) is 0 Å². The number of esters is 1. The van der Waals surface area contributed by atoms with Gasteiger partial charge in [-0.3, -0.25) is 0 Å². The molecule has 0 aliphatic carbocycles. The van der Waals surface area contributed by atoms with Crippen molar-refractivity contribution in [2.45, 2.75) is 57.8 Å². The van der Waals surface area contributed by atoms with E-state index >= 15 is 0 Å². The van der Waals surface area contributed by atoms with Crippen LogP contribution >= 0.6 is 11.8 Å². The summed E-state index contributed by atoms with van der Waals surface area (Å²) in [6, 6.07) is 7.32. The molecule has 1 atom stereocenters. The summed E-state index contributed by atoms with van der Waals surface area (Å²) in [5.41, 5.74) is 2.15. The van der Waals surface area contributed by atoms with Gasteiger partial charge in [0, 0.05) is 11.4 Å². The summed E-state index contributed by atoms with van der Waals surface area (Å²) < 4.78 is 12.6. The predicted molar refractivity (Wildman–Crippen MR) is 114 cm³/mol. The number of nitrogens with zero attached hydrogens (tertiary/aromatic N) is 3. The van der Waals surface area contributed by atoms with E-state index < -0.39 is 6.04 Å². The molecule has 8 heteroatoms. The van der Waals surface area contributed by atoms with Gasteiger partial charge < -0.3 is 14.8 Å². The van der Waals surface area contributed by atoms with Crippen LogP contribution in [0.5, 0.6) is 5.75 Å². The van der Waals surface area contributed by atoms with E-state index in [-0.39, 0.29) is 12.1 Å². The normalized spacial score (nSPS) is 15.9. The number of anilines is 1. The molecule has 3 rings (SSSR count). The molecule has 0 saturated carbocycles. The number of rotatable bonds is 8. The highest BCUT2D eigenvalue weighted by molar-refractivity contribution is 7.99. The zero-order valence-electron chi connectivity index (χ0n) is 17.6. The monoisotopic (exact) mass is 416 g/mol. The van der Waals surface area contributed by atoms with Crippen LogP contribution in [0.25, 0.3) is 0 Å². The molecule has 1 aromatic carbocycles. The first-order valence-electron chi connectivity index (χ1n) is 9.86. The fourth-order valence-electron chi connectivity index (χ4n) is 3.18. The molecule has 0 amide bonds. The molecular weight excluding hydrogens is 388 g/mol. The van der Waals surface area contributed by atoms with E-state index in [1.807, 2.05) is 45.0 Å². The summed E-state index contributed by atoms with van der Waals surface area (Å²) >= 11 is 1.62. The molecule has 2 aromatic rings. The fraction of sp³-hybridized carbons (Fsp3) is 0.476. The molecule has 1 N–H and O–H groups in total. The highest BCUT2D eigenvalue weighted by Gasteiger charge is 2.35. The van der Waals surface area contributed by atoms with Crippen LogP contribution in [0.15, 0.2) is 40.7 Å². The van der Waals surface area contributed by atoms with Crippen molar-refractivity contribution < 1.29 is 14.3 Å². The van der Waals surface area contributed by atoms with Crippen molar-refractivity contribution in [1.29, 1.82) is 0 Å². The minimum Gasteiger partial charge on any atom is -0.491 e. The number of benzene rings is 1. The van der Waals surface area contributed by atoms with E-state index in [2.05, 4.69) is 22.3 Å². The second kappa shape index (κ2) is 9.35. The van der Waals surface area contributed by atoms with Crippen molar-refractivity contribution >= 4 is 23.7 Å². The number of ether oxygens (including phenoxy) is 2. The van der Waals surface area contributed by atoms with Crippen LogP contribution in [0, 0.1) is 0 Å². The lowest BCUT2D eigenvalue weighted by Crippen LogP contribution is -2.29. The molecule has 1 aliphatic rings. The standard InChI is InChI=1S/C21H28N4O3S/c1-6-7-12-29-21-23-20-22-14(4)17(19(26)27-5)18(25(20)24-21)15-8-10-16(11-9-15)28-13(2)3/h8-11,13,18H,6-7,12H2,1-5H3,(H,22,23,24). The maximum atomic E-state index is 12.6. The van der Waals surface area contributed by atoms with E-state index in [0.717, 1.165) is 35.6 Å². The van der Waals surface area contributed by atoms with Gasteiger partial charge in [-0.15, -0.1) is 5.10 Å². The Kier molecular flexibility index (Phi) is 6.84. The first-order valence-corrected chi connectivity index (χ1v) is 10.8. The highest BCUT2D eigenvalue weighted by Crippen LogP contribution is 2.37. The van der Waals surface area contributed by atoms with E-state index in [4.69, 9.17) is 9.47 Å². The molecule has 156 valence electrons. The Hall–Kier alpha value is -2.48. The minimum absolute atomic E-state index is 0.0946. The Morgan fingerprint density at radius 1 is 1.31 bits per heavy atom. The number of thioether (sulfide) groups is 1. The summed E-state index contributed by atoms with van der Waals surface area (Å²) in [4.78, 5) is 17.2. The molecule has 2 heterocycles. The molecule has 0 spiro atoms. The topological polar surface area (TPSA) is 78.3 Å². The lowest BCUT2D eigenvalue weighted by Gasteiger charge is -2.28. The van der Waals surface area contributed by atoms with Gasteiger partial charge in [0.25, 0.3) is 0 Å². The molecule has 1 unspecified atom stereocenters. The number of fused-ring (bicyclic) bond motifs is 1. The van der Waals surface area contributed by atoms with Gasteiger partial charge in [-0.25, -0.2) is 9.48 Å². The van der Waals surface area contributed by atoms with Crippen LogP contribution in [-0.2, 0) is 9.53 Å². The Morgan fingerprint density at radius 3 is 2.66 bits per heavy atom. The first-order chi connectivity index (χ1) is 13.9. The van der Waals surface area contributed by atoms with E-state index in [1.54, 1.807) is 16.4 Å². The number of methoxy groups -OCH3 is 1. The van der Waals surface area contributed by atoms with E-state index in [9.17, 15) is 4.79 Å². The number of unbranched alkanes of at least 4 members (excludes halogenated alkanes) is 1. The zero-order chi connectivity index (χ0) is 21.0. The predicted octanol–water partition coefficient (Wildman–Crippen LogP) is 4.42. The molecule has 0 saturated heterocycles. The summed E-state index contributed by atoms with van der Waals surface area (Å²) in [5, 5.41) is 8.59. The lowest BCUT2D eigenvalue weighted by atomic mass is 9.96. The third-order valence-electron chi connectivity index (χ3n) is 4.54. The number of hydrogen-bond acceptors (Lipinski definition) is 7. The number of allylic oxidation sites excluding steroid dienone is 1. The number of hydrogen-bond donors (Lipinski definition) is 1. The van der Waals surface area contributed by atoms with Crippen LogP contribution in [0.2, 0.25) is 0 Å². The zero-order valence-corrected chi connectivity index (χ0v) is 18.4. The summed E-state index contributed by atoms with van der Waals surface area (Å²) in [5.74, 6) is 1.99. The van der Waals surface area contributed by atoms with Gasteiger partial charge >= 0.3 is 5.97 Å². The molecule has 1 aromatic heterocycles. The SMILES string of the molecule is CCCCSc1nc2n(n1)C(c1ccc(OC(C)C)cc1)C(C(=O)OC)=C(C)N2. The molecule has 0 radical (unpaired) electrons. The average Bonchev–Trinajstić information content (AvgIpc) is 3.09. The molecule has 7 nitrogen and oxygen atoms in total. The van der Waals surface area contributed by atoms with Gasteiger partial charge in [-0.05, 0) is 44.9 Å². The van der Waals surface area contributed by atoms with Crippen molar-refractivity contribution in [1.82, 2.24) is 14.8 Å². The van der Waals surface area contributed by atoms with Crippen LogP contribution < -0.4 is 10.1 Å². The van der Waals surface area contributed by atoms with Crippen LogP contribution in [0.4, 0.5) is 5.95 Å². The number of aromatic nitrogens is 3. The third kappa shape index (κ3) is 4.75. The molecule has 0 fully saturated rings. The van der Waals surface area contributed by atoms with Gasteiger partial charge in [-0.1, -0.05) is 37.2 Å². The molecule has 29 heavy (non-hydrogen) atoms. The van der Waals surface area contributed by atoms with E-state index in [1.165, 1.54) is 7.11 Å². The minimum atomic E-state index is -0.417. The Labute approximate surface area is 175 Å². The number of nitrogens with one attached hydrogen (secondary N) is 1. The number of carbonyl (C=O) groups excluding carboxylic acids is 1. The van der Waals surface area contributed by atoms with Crippen molar-refractivity contribution in [3.63, 3.8) is 0 Å². The Balaban J connectivity index is 1.99. The lowest BCUT2D eigenvalue weighted by molar-refractivity contribution is -0.136. The van der Waals surface area contributed by atoms with E-state index in [0.29, 0.717) is 16.7 Å². The fourth-order valence-corrected chi connectivity index (χ4v) is 4.10. The Morgan fingerprint density at radius 2 is 2.03 bits per heavy atom. The summed E-state index contributed by atoms with van der Waals surface area (Å²) in [6.07, 6.45) is 2.32. The maximum absolute atomic E-state index is 12.6. The average molecular weight is 417 g/mol. The second-order valence-corrected chi connectivity index (χ2v) is 8.22.